The predicted octanol–water partition coefficient (Wildman–Crippen LogP) is 1.35. The first-order valence-corrected chi connectivity index (χ1v) is 6.50. The quantitative estimate of drug-likeness (QED) is 0.882. The topological polar surface area (TPSA) is 58.4 Å². The first-order chi connectivity index (χ1) is 8.15. The van der Waals surface area contributed by atoms with Crippen LogP contribution in [0.2, 0.25) is 0 Å². The van der Waals surface area contributed by atoms with Crippen molar-refractivity contribution in [3.63, 3.8) is 0 Å². The van der Waals surface area contributed by atoms with E-state index in [1.54, 1.807) is 0 Å². The smallest absolute Gasteiger partial charge is 0.251 e. The number of hydrogen-bond donors (Lipinski definition) is 2. The Morgan fingerprint density at radius 2 is 2.29 bits per heavy atom. The molecule has 1 heterocycles. The van der Waals surface area contributed by atoms with Crippen molar-refractivity contribution in [2.75, 3.05) is 24.5 Å². The van der Waals surface area contributed by atoms with Crippen LogP contribution in [0.1, 0.15) is 17.3 Å². The van der Waals surface area contributed by atoms with Gasteiger partial charge in [-0.15, -0.1) is 0 Å². The van der Waals surface area contributed by atoms with Crippen LogP contribution in [0.5, 0.6) is 0 Å². The number of nitrogens with zero attached hydrogens (tertiary/aromatic N) is 1. The Morgan fingerprint density at radius 1 is 1.59 bits per heavy atom. The fourth-order valence-corrected chi connectivity index (χ4v) is 2.67. The summed E-state index contributed by atoms with van der Waals surface area (Å²) in [5.74, 6) is -0.391. The van der Waals surface area contributed by atoms with Crippen molar-refractivity contribution < 1.29 is 4.79 Å². The number of benzene rings is 1. The molecule has 4 nitrogen and oxygen atoms in total. The number of carbonyl (C=O) groups is 1. The number of anilines is 1. The zero-order valence-electron chi connectivity index (χ0n) is 9.74. The Bertz CT molecular complexity index is 432. The van der Waals surface area contributed by atoms with Crippen LogP contribution in [0.25, 0.3) is 0 Å². The Balaban J connectivity index is 2.41. The zero-order valence-corrected chi connectivity index (χ0v) is 11.3. The number of primary amides is 1. The SMILES string of the molecule is CCN(c1cccc(Br)c1C(N)=O)C1CNC1. The van der Waals surface area contributed by atoms with E-state index in [1.165, 1.54) is 0 Å². The number of rotatable bonds is 4. The second-order valence-electron chi connectivity index (χ2n) is 4.10. The lowest BCUT2D eigenvalue weighted by Gasteiger charge is -2.40. The van der Waals surface area contributed by atoms with Crippen molar-refractivity contribution >= 4 is 27.5 Å². The summed E-state index contributed by atoms with van der Waals surface area (Å²) < 4.78 is 0.758. The Kier molecular flexibility index (Phi) is 3.69. The summed E-state index contributed by atoms with van der Waals surface area (Å²) in [6, 6.07) is 6.18. The zero-order chi connectivity index (χ0) is 12.4. The van der Waals surface area contributed by atoms with Crippen LogP contribution in [0.4, 0.5) is 5.69 Å². The Morgan fingerprint density at radius 3 is 2.76 bits per heavy atom. The standard InChI is InChI=1S/C12H16BrN3O/c1-2-16(8-6-15-7-8)10-5-3-4-9(13)11(10)12(14)17/h3-5,8,15H,2,6-7H2,1H3,(H2,14,17). The van der Waals surface area contributed by atoms with Gasteiger partial charge in [-0.05, 0) is 35.0 Å². The van der Waals surface area contributed by atoms with Crippen molar-refractivity contribution in [2.45, 2.75) is 13.0 Å². The molecule has 0 aromatic heterocycles. The molecule has 92 valence electrons. The number of likely N-dealkylation sites (N-methyl/N-ethyl adjacent to an activating group) is 1. The van der Waals surface area contributed by atoms with Gasteiger partial charge < -0.3 is 16.0 Å². The Labute approximate surface area is 109 Å². The molecule has 0 aliphatic carbocycles. The van der Waals surface area contributed by atoms with Gasteiger partial charge in [0.25, 0.3) is 5.91 Å². The van der Waals surface area contributed by atoms with E-state index < -0.39 is 5.91 Å². The minimum atomic E-state index is -0.391. The van der Waals surface area contributed by atoms with Gasteiger partial charge in [0.2, 0.25) is 0 Å². The van der Waals surface area contributed by atoms with Gasteiger partial charge in [0.05, 0.1) is 17.3 Å². The molecule has 1 aromatic rings. The van der Waals surface area contributed by atoms with Crippen molar-refractivity contribution in [2.24, 2.45) is 5.73 Å². The van der Waals surface area contributed by atoms with Gasteiger partial charge in [-0.1, -0.05) is 6.07 Å². The minimum Gasteiger partial charge on any atom is -0.366 e. The highest BCUT2D eigenvalue weighted by molar-refractivity contribution is 9.10. The Hall–Kier alpha value is -1.07. The highest BCUT2D eigenvalue weighted by atomic mass is 79.9. The highest BCUT2D eigenvalue weighted by Crippen LogP contribution is 2.29. The molecule has 1 fully saturated rings. The fraction of sp³-hybridized carbons (Fsp3) is 0.417. The molecule has 1 amide bonds. The predicted molar refractivity (Wildman–Crippen MR) is 72.3 cm³/mol. The van der Waals surface area contributed by atoms with E-state index in [9.17, 15) is 4.79 Å². The van der Waals surface area contributed by atoms with Crippen LogP contribution < -0.4 is 16.0 Å². The van der Waals surface area contributed by atoms with Crippen LogP contribution in [0.15, 0.2) is 22.7 Å². The second kappa shape index (κ2) is 5.06. The van der Waals surface area contributed by atoms with Gasteiger partial charge in [-0.2, -0.15) is 0 Å². The monoisotopic (exact) mass is 297 g/mol. The third-order valence-corrected chi connectivity index (χ3v) is 3.75. The summed E-state index contributed by atoms with van der Waals surface area (Å²) in [6.45, 7) is 4.87. The van der Waals surface area contributed by atoms with Crippen LogP contribution in [-0.4, -0.2) is 31.6 Å². The average Bonchev–Trinajstić information content (AvgIpc) is 2.22. The normalized spacial score (nSPS) is 15.4. The van der Waals surface area contributed by atoms with Gasteiger partial charge in [-0.3, -0.25) is 4.79 Å². The maximum absolute atomic E-state index is 11.5. The van der Waals surface area contributed by atoms with E-state index in [4.69, 9.17) is 5.73 Å². The molecule has 17 heavy (non-hydrogen) atoms. The number of nitrogens with one attached hydrogen (secondary N) is 1. The third kappa shape index (κ3) is 2.30. The van der Waals surface area contributed by atoms with Crippen molar-refractivity contribution in [3.8, 4) is 0 Å². The first kappa shape index (κ1) is 12.4. The maximum Gasteiger partial charge on any atom is 0.251 e. The lowest BCUT2D eigenvalue weighted by Crippen LogP contribution is -2.57. The van der Waals surface area contributed by atoms with Gasteiger partial charge >= 0.3 is 0 Å². The molecule has 2 rings (SSSR count). The molecule has 1 saturated heterocycles. The molecule has 1 aromatic carbocycles. The van der Waals surface area contributed by atoms with E-state index >= 15 is 0 Å². The lowest BCUT2D eigenvalue weighted by atomic mass is 10.1. The molecule has 3 N–H and O–H groups in total. The van der Waals surface area contributed by atoms with E-state index in [0.29, 0.717) is 11.6 Å². The van der Waals surface area contributed by atoms with E-state index in [-0.39, 0.29) is 0 Å². The summed E-state index contributed by atoms with van der Waals surface area (Å²) >= 11 is 3.39. The molecule has 0 unspecified atom stereocenters. The van der Waals surface area contributed by atoms with Crippen molar-refractivity contribution in [1.82, 2.24) is 5.32 Å². The molecule has 1 aliphatic heterocycles. The number of halogens is 1. The average molecular weight is 298 g/mol. The lowest BCUT2D eigenvalue weighted by molar-refractivity contribution is 0.1000. The van der Waals surface area contributed by atoms with Crippen molar-refractivity contribution in [3.05, 3.63) is 28.2 Å². The first-order valence-electron chi connectivity index (χ1n) is 5.70. The molecule has 5 heteroatoms. The summed E-state index contributed by atoms with van der Waals surface area (Å²) in [7, 11) is 0. The number of nitrogens with two attached hydrogens (primary N) is 1. The fourth-order valence-electron chi connectivity index (χ4n) is 2.12. The van der Waals surface area contributed by atoms with Crippen LogP contribution in [0, 0.1) is 0 Å². The number of hydrogen-bond acceptors (Lipinski definition) is 3. The number of carbonyl (C=O) groups excluding carboxylic acids is 1. The third-order valence-electron chi connectivity index (χ3n) is 3.09. The summed E-state index contributed by atoms with van der Waals surface area (Å²) in [4.78, 5) is 13.8. The van der Waals surface area contributed by atoms with E-state index in [1.807, 2.05) is 18.2 Å². The van der Waals surface area contributed by atoms with Crippen molar-refractivity contribution in [1.29, 1.82) is 0 Å². The molecule has 0 bridgehead atoms. The van der Waals surface area contributed by atoms with Gasteiger partial charge in [0.15, 0.2) is 0 Å². The summed E-state index contributed by atoms with van der Waals surface area (Å²) in [5.41, 5.74) is 6.94. The van der Waals surface area contributed by atoms with Crippen LogP contribution >= 0.6 is 15.9 Å². The van der Waals surface area contributed by atoms with Crippen LogP contribution in [0.3, 0.4) is 0 Å². The summed E-state index contributed by atoms with van der Waals surface area (Å²) in [5, 5.41) is 3.24. The van der Waals surface area contributed by atoms with Gasteiger partial charge in [0.1, 0.15) is 0 Å². The molecule has 0 spiro atoms. The molecule has 0 atom stereocenters. The molecule has 0 saturated carbocycles. The largest absolute Gasteiger partial charge is 0.366 e. The van der Waals surface area contributed by atoms with Crippen LogP contribution in [-0.2, 0) is 0 Å². The highest BCUT2D eigenvalue weighted by Gasteiger charge is 2.26. The van der Waals surface area contributed by atoms with Gasteiger partial charge in [-0.25, -0.2) is 0 Å². The second-order valence-corrected chi connectivity index (χ2v) is 4.95. The van der Waals surface area contributed by atoms with E-state index in [2.05, 4.69) is 33.1 Å². The number of amides is 1. The summed E-state index contributed by atoms with van der Waals surface area (Å²) in [6.07, 6.45) is 0. The molecular weight excluding hydrogens is 282 g/mol. The molecular formula is C12H16BrN3O. The van der Waals surface area contributed by atoms with Gasteiger partial charge in [0, 0.05) is 24.1 Å². The minimum absolute atomic E-state index is 0.391. The molecule has 0 radical (unpaired) electrons. The molecule has 1 aliphatic rings. The maximum atomic E-state index is 11.5. The van der Waals surface area contributed by atoms with E-state index in [0.717, 1.165) is 29.8 Å².